The summed E-state index contributed by atoms with van der Waals surface area (Å²) in [6, 6.07) is 7.44. The number of aliphatic hydroxyl groups excluding tert-OH is 2. The molecular weight excluding hydrogens is 204 g/mol. The van der Waals surface area contributed by atoms with Crippen LogP contribution in [0.1, 0.15) is 37.9 Å². The van der Waals surface area contributed by atoms with Gasteiger partial charge in [-0.2, -0.15) is 0 Å². The van der Waals surface area contributed by atoms with E-state index in [0.717, 1.165) is 24.2 Å². The zero-order chi connectivity index (χ0) is 11.8. The van der Waals surface area contributed by atoms with Gasteiger partial charge in [-0.15, -0.1) is 0 Å². The Kier molecular flexibility index (Phi) is 5.90. The van der Waals surface area contributed by atoms with Crippen molar-refractivity contribution in [3.05, 3.63) is 29.8 Å². The van der Waals surface area contributed by atoms with Crippen LogP contribution < -0.4 is 4.74 Å². The molecule has 0 bridgehead atoms. The molecule has 1 aromatic rings. The molecule has 0 aliphatic carbocycles. The topological polar surface area (TPSA) is 49.7 Å². The summed E-state index contributed by atoms with van der Waals surface area (Å²) in [4.78, 5) is 0. The van der Waals surface area contributed by atoms with Gasteiger partial charge >= 0.3 is 0 Å². The SMILES string of the molecule is CCCCOc1ccccc1C(O)CCO. The van der Waals surface area contributed by atoms with Crippen LogP contribution in [-0.4, -0.2) is 23.4 Å². The van der Waals surface area contributed by atoms with Crippen molar-refractivity contribution in [2.24, 2.45) is 0 Å². The fraction of sp³-hybridized carbons (Fsp3) is 0.538. The van der Waals surface area contributed by atoms with Gasteiger partial charge in [0.25, 0.3) is 0 Å². The summed E-state index contributed by atoms with van der Waals surface area (Å²) in [5.74, 6) is 0.719. The molecular formula is C13H20O3. The largest absolute Gasteiger partial charge is 0.493 e. The second-order valence-electron chi connectivity index (χ2n) is 3.77. The van der Waals surface area contributed by atoms with E-state index < -0.39 is 6.10 Å². The van der Waals surface area contributed by atoms with Gasteiger partial charge in [0.15, 0.2) is 0 Å². The van der Waals surface area contributed by atoms with Crippen molar-refractivity contribution in [2.45, 2.75) is 32.3 Å². The molecule has 2 N–H and O–H groups in total. The maximum absolute atomic E-state index is 9.82. The van der Waals surface area contributed by atoms with Gasteiger partial charge in [0, 0.05) is 18.6 Å². The molecule has 0 heterocycles. The molecule has 0 aliphatic rings. The highest BCUT2D eigenvalue weighted by Gasteiger charge is 2.12. The van der Waals surface area contributed by atoms with Gasteiger partial charge < -0.3 is 14.9 Å². The predicted octanol–water partition coefficient (Wildman–Crippen LogP) is 2.28. The molecule has 0 saturated heterocycles. The lowest BCUT2D eigenvalue weighted by Crippen LogP contribution is -2.05. The Labute approximate surface area is 96.7 Å². The Morgan fingerprint density at radius 3 is 2.75 bits per heavy atom. The van der Waals surface area contributed by atoms with Crippen LogP contribution in [0, 0.1) is 0 Å². The van der Waals surface area contributed by atoms with E-state index in [2.05, 4.69) is 6.92 Å². The van der Waals surface area contributed by atoms with Crippen LogP contribution in [-0.2, 0) is 0 Å². The maximum Gasteiger partial charge on any atom is 0.125 e. The van der Waals surface area contributed by atoms with Crippen molar-refractivity contribution in [1.82, 2.24) is 0 Å². The van der Waals surface area contributed by atoms with E-state index in [0.29, 0.717) is 13.0 Å². The molecule has 90 valence electrons. The molecule has 0 saturated carbocycles. The molecule has 1 atom stereocenters. The number of ether oxygens (including phenoxy) is 1. The molecule has 3 nitrogen and oxygen atoms in total. The van der Waals surface area contributed by atoms with Gasteiger partial charge in [-0.1, -0.05) is 31.5 Å². The quantitative estimate of drug-likeness (QED) is 0.699. The normalized spacial score (nSPS) is 12.4. The Morgan fingerprint density at radius 2 is 2.06 bits per heavy atom. The van der Waals surface area contributed by atoms with E-state index in [-0.39, 0.29) is 6.61 Å². The molecule has 0 spiro atoms. The molecule has 1 unspecified atom stereocenters. The van der Waals surface area contributed by atoms with E-state index >= 15 is 0 Å². The monoisotopic (exact) mass is 224 g/mol. The average Bonchev–Trinajstić information content (AvgIpc) is 2.30. The standard InChI is InChI=1S/C13H20O3/c1-2-3-10-16-13-7-5-4-6-11(13)12(15)8-9-14/h4-7,12,14-15H,2-3,8-10H2,1H3. The zero-order valence-corrected chi connectivity index (χ0v) is 9.72. The van der Waals surface area contributed by atoms with E-state index in [1.54, 1.807) is 0 Å². The number of rotatable bonds is 7. The fourth-order valence-corrected chi connectivity index (χ4v) is 1.49. The molecule has 0 amide bonds. The summed E-state index contributed by atoms with van der Waals surface area (Å²) in [7, 11) is 0. The molecule has 1 aromatic carbocycles. The third-order valence-electron chi connectivity index (χ3n) is 2.44. The third kappa shape index (κ3) is 3.83. The van der Waals surface area contributed by atoms with Crippen molar-refractivity contribution < 1.29 is 14.9 Å². The average molecular weight is 224 g/mol. The number of para-hydroxylation sites is 1. The number of benzene rings is 1. The van der Waals surface area contributed by atoms with Crippen LogP contribution in [0.5, 0.6) is 5.75 Å². The smallest absolute Gasteiger partial charge is 0.125 e. The molecule has 0 fully saturated rings. The molecule has 0 radical (unpaired) electrons. The molecule has 0 aliphatic heterocycles. The van der Waals surface area contributed by atoms with Crippen LogP contribution in [0.15, 0.2) is 24.3 Å². The van der Waals surface area contributed by atoms with Gasteiger partial charge in [0.1, 0.15) is 5.75 Å². The van der Waals surface area contributed by atoms with E-state index in [9.17, 15) is 5.11 Å². The molecule has 1 rings (SSSR count). The van der Waals surface area contributed by atoms with Gasteiger partial charge in [-0.05, 0) is 12.5 Å². The second kappa shape index (κ2) is 7.25. The van der Waals surface area contributed by atoms with Crippen molar-refractivity contribution in [3.8, 4) is 5.75 Å². The lowest BCUT2D eigenvalue weighted by molar-refractivity contribution is 0.130. The minimum Gasteiger partial charge on any atom is -0.493 e. The summed E-state index contributed by atoms with van der Waals surface area (Å²) in [6.07, 6.45) is 1.78. The molecule has 3 heteroatoms. The Morgan fingerprint density at radius 1 is 1.31 bits per heavy atom. The highest BCUT2D eigenvalue weighted by Crippen LogP contribution is 2.26. The summed E-state index contributed by atoms with van der Waals surface area (Å²) in [5, 5.41) is 18.6. The third-order valence-corrected chi connectivity index (χ3v) is 2.44. The maximum atomic E-state index is 9.82. The molecule has 16 heavy (non-hydrogen) atoms. The first-order valence-electron chi connectivity index (χ1n) is 5.80. The first-order chi connectivity index (χ1) is 7.79. The first-order valence-corrected chi connectivity index (χ1v) is 5.80. The van der Waals surface area contributed by atoms with Crippen LogP contribution in [0.25, 0.3) is 0 Å². The highest BCUT2D eigenvalue weighted by molar-refractivity contribution is 5.35. The van der Waals surface area contributed by atoms with Gasteiger partial charge in [0.05, 0.1) is 12.7 Å². The summed E-state index contributed by atoms with van der Waals surface area (Å²) < 4.78 is 5.60. The van der Waals surface area contributed by atoms with E-state index in [1.165, 1.54) is 0 Å². The van der Waals surface area contributed by atoms with Crippen molar-refractivity contribution in [2.75, 3.05) is 13.2 Å². The van der Waals surface area contributed by atoms with Crippen LogP contribution in [0.3, 0.4) is 0 Å². The summed E-state index contributed by atoms with van der Waals surface area (Å²) in [5.41, 5.74) is 0.757. The lowest BCUT2D eigenvalue weighted by atomic mass is 10.1. The number of unbranched alkanes of at least 4 members (excludes halogenated alkanes) is 1. The van der Waals surface area contributed by atoms with Gasteiger partial charge in [0.2, 0.25) is 0 Å². The van der Waals surface area contributed by atoms with Crippen molar-refractivity contribution in [3.63, 3.8) is 0 Å². The predicted molar refractivity (Wildman–Crippen MR) is 63.5 cm³/mol. The van der Waals surface area contributed by atoms with E-state index in [4.69, 9.17) is 9.84 Å². The minimum atomic E-state index is -0.650. The summed E-state index contributed by atoms with van der Waals surface area (Å²) in [6.45, 7) is 2.75. The van der Waals surface area contributed by atoms with Gasteiger partial charge in [-0.3, -0.25) is 0 Å². The van der Waals surface area contributed by atoms with Crippen LogP contribution >= 0.6 is 0 Å². The summed E-state index contributed by atoms with van der Waals surface area (Å²) >= 11 is 0. The van der Waals surface area contributed by atoms with E-state index in [1.807, 2.05) is 24.3 Å². The Balaban J connectivity index is 2.67. The Bertz CT molecular complexity index is 299. The Hall–Kier alpha value is -1.06. The van der Waals surface area contributed by atoms with Crippen molar-refractivity contribution in [1.29, 1.82) is 0 Å². The lowest BCUT2D eigenvalue weighted by Gasteiger charge is -2.15. The number of hydrogen-bond donors (Lipinski definition) is 2. The highest BCUT2D eigenvalue weighted by atomic mass is 16.5. The first kappa shape index (κ1) is 13.0. The zero-order valence-electron chi connectivity index (χ0n) is 9.72. The number of hydrogen-bond acceptors (Lipinski definition) is 3. The second-order valence-corrected chi connectivity index (χ2v) is 3.77. The van der Waals surface area contributed by atoms with Crippen LogP contribution in [0.4, 0.5) is 0 Å². The number of aliphatic hydroxyl groups is 2. The van der Waals surface area contributed by atoms with Gasteiger partial charge in [-0.25, -0.2) is 0 Å². The van der Waals surface area contributed by atoms with Crippen molar-refractivity contribution >= 4 is 0 Å². The minimum absolute atomic E-state index is 0.0234. The van der Waals surface area contributed by atoms with Crippen LogP contribution in [0.2, 0.25) is 0 Å². The molecule has 0 aromatic heterocycles. The fourth-order valence-electron chi connectivity index (χ4n) is 1.49.